The van der Waals surface area contributed by atoms with Gasteiger partial charge in [-0.15, -0.1) is 0 Å². The van der Waals surface area contributed by atoms with Gasteiger partial charge in [-0.2, -0.15) is 0 Å². The van der Waals surface area contributed by atoms with Crippen LogP contribution in [0.1, 0.15) is 18.4 Å². The van der Waals surface area contributed by atoms with Crippen LogP contribution in [0.4, 0.5) is 4.39 Å². The van der Waals surface area contributed by atoms with Crippen LogP contribution in [0, 0.1) is 5.82 Å². The number of hydrogen-bond acceptors (Lipinski definition) is 3. The fourth-order valence-electron chi connectivity index (χ4n) is 1.79. The summed E-state index contributed by atoms with van der Waals surface area (Å²) in [4.78, 5) is 4.20. The maximum absolute atomic E-state index is 13.6. The molecule has 0 radical (unpaired) electrons. The zero-order valence-electron chi connectivity index (χ0n) is 10.8. The quantitative estimate of drug-likeness (QED) is 0.895. The fourth-order valence-corrected chi connectivity index (χ4v) is 2.13. The van der Waals surface area contributed by atoms with Gasteiger partial charge in [0.2, 0.25) is 5.88 Å². The van der Waals surface area contributed by atoms with E-state index in [2.05, 4.69) is 26.2 Å². The average molecular weight is 337 g/mol. The monoisotopic (exact) mass is 336 g/mol. The van der Waals surface area contributed by atoms with Crippen LogP contribution < -0.4 is 10.1 Å². The van der Waals surface area contributed by atoms with E-state index in [0.29, 0.717) is 11.9 Å². The summed E-state index contributed by atoms with van der Waals surface area (Å²) in [5.74, 6) is 0.141. The standard InChI is InChI=1S/C15H14BrFN2O/c16-11-2-5-13(17)14(7-11)20-15-6-1-10(9-19-15)8-18-12-3-4-12/h1-2,5-7,9,12,18H,3-4,8H2. The third-order valence-corrected chi connectivity index (χ3v) is 3.57. The molecule has 0 saturated heterocycles. The summed E-state index contributed by atoms with van der Waals surface area (Å²) in [5.41, 5.74) is 1.10. The first-order chi connectivity index (χ1) is 9.70. The second kappa shape index (κ2) is 5.89. The van der Waals surface area contributed by atoms with Crippen LogP contribution in [0.2, 0.25) is 0 Å². The summed E-state index contributed by atoms with van der Waals surface area (Å²) in [6, 6.07) is 8.93. The van der Waals surface area contributed by atoms with Crippen molar-refractivity contribution in [1.82, 2.24) is 10.3 Å². The zero-order valence-corrected chi connectivity index (χ0v) is 12.4. The smallest absolute Gasteiger partial charge is 0.219 e. The van der Waals surface area contributed by atoms with Crippen LogP contribution in [0.5, 0.6) is 11.6 Å². The lowest BCUT2D eigenvalue weighted by Crippen LogP contribution is -2.15. The van der Waals surface area contributed by atoms with E-state index >= 15 is 0 Å². The van der Waals surface area contributed by atoms with Crippen LogP contribution in [-0.4, -0.2) is 11.0 Å². The topological polar surface area (TPSA) is 34.1 Å². The van der Waals surface area contributed by atoms with E-state index < -0.39 is 5.82 Å². The molecule has 1 N–H and O–H groups in total. The Morgan fingerprint density at radius 2 is 2.15 bits per heavy atom. The second-order valence-electron chi connectivity index (χ2n) is 4.84. The Morgan fingerprint density at radius 3 is 2.85 bits per heavy atom. The molecule has 3 nitrogen and oxygen atoms in total. The van der Waals surface area contributed by atoms with E-state index in [0.717, 1.165) is 16.6 Å². The molecular weight excluding hydrogens is 323 g/mol. The van der Waals surface area contributed by atoms with Gasteiger partial charge in [0.1, 0.15) is 0 Å². The number of nitrogens with one attached hydrogen (secondary N) is 1. The van der Waals surface area contributed by atoms with Gasteiger partial charge in [-0.25, -0.2) is 9.37 Å². The first kappa shape index (κ1) is 13.5. The van der Waals surface area contributed by atoms with Crippen molar-refractivity contribution in [2.45, 2.75) is 25.4 Å². The van der Waals surface area contributed by atoms with Crippen LogP contribution in [-0.2, 0) is 6.54 Å². The molecular formula is C15H14BrFN2O. The Hall–Kier alpha value is -1.46. The van der Waals surface area contributed by atoms with Crippen molar-refractivity contribution in [3.05, 3.63) is 52.4 Å². The predicted octanol–water partition coefficient (Wildman–Crippen LogP) is 4.03. The SMILES string of the molecule is Fc1ccc(Br)cc1Oc1ccc(CNC2CC2)cn1. The second-order valence-corrected chi connectivity index (χ2v) is 5.75. The Balaban J connectivity index is 1.66. The first-order valence-electron chi connectivity index (χ1n) is 6.52. The molecule has 104 valence electrons. The maximum atomic E-state index is 13.6. The number of rotatable bonds is 5. The first-order valence-corrected chi connectivity index (χ1v) is 7.31. The molecule has 2 aromatic rings. The molecule has 1 aromatic heterocycles. The third kappa shape index (κ3) is 3.55. The highest BCUT2D eigenvalue weighted by atomic mass is 79.9. The van der Waals surface area contributed by atoms with E-state index in [1.54, 1.807) is 24.4 Å². The maximum Gasteiger partial charge on any atom is 0.219 e. The molecule has 0 atom stereocenters. The summed E-state index contributed by atoms with van der Waals surface area (Å²) in [6.45, 7) is 0.809. The Bertz CT molecular complexity index is 599. The number of benzene rings is 1. The molecule has 0 unspecified atom stereocenters. The lowest BCUT2D eigenvalue weighted by molar-refractivity contribution is 0.426. The van der Waals surface area contributed by atoms with Crippen molar-refractivity contribution < 1.29 is 9.13 Å². The highest BCUT2D eigenvalue weighted by Crippen LogP contribution is 2.26. The molecule has 0 bridgehead atoms. The summed E-state index contributed by atoms with van der Waals surface area (Å²) < 4.78 is 19.8. The van der Waals surface area contributed by atoms with E-state index in [1.165, 1.54) is 18.9 Å². The minimum atomic E-state index is -0.408. The van der Waals surface area contributed by atoms with Gasteiger partial charge in [0.25, 0.3) is 0 Å². The van der Waals surface area contributed by atoms with E-state index in [4.69, 9.17) is 4.74 Å². The van der Waals surface area contributed by atoms with Gasteiger partial charge in [0, 0.05) is 29.3 Å². The lowest BCUT2D eigenvalue weighted by Gasteiger charge is -2.07. The fraction of sp³-hybridized carbons (Fsp3) is 0.267. The molecule has 1 fully saturated rings. The average Bonchev–Trinajstić information content (AvgIpc) is 3.26. The molecule has 3 rings (SSSR count). The normalized spacial score (nSPS) is 14.3. The summed E-state index contributed by atoms with van der Waals surface area (Å²) in [5, 5.41) is 3.41. The molecule has 1 aliphatic rings. The minimum Gasteiger partial charge on any atom is -0.436 e. The van der Waals surface area contributed by atoms with Crippen molar-refractivity contribution >= 4 is 15.9 Å². The molecule has 0 spiro atoms. The molecule has 1 heterocycles. The van der Waals surface area contributed by atoms with Crippen molar-refractivity contribution in [3.63, 3.8) is 0 Å². The van der Waals surface area contributed by atoms with Crippen molar-refractivity contribution in [2.75, 3.05) is 0 Å². The van der Waals surface area contributed by atoms with Crippen molar-refractivity contribution in [3.8, 4) is 11.6 Å². The molecule has 5 heteroatoms. The number of aromatic nitrogens is 1. The van der Waals surface area contributed by atoms with E-state index in [-0.39, 0.29) is 5.75 Å². The highest BCUT2D eigenvalue weighted by Gasteiger charge is 2.19. The summed E-state index contributed by atoms with van der Waals surface area (Å²) >= 11 is 3.29. The van der Waals surface area contributed by atoms with Crippen LogP contribution >= 0.6 is 15.9 Å². The minimum absolute atomic E-state index is 0.163. The molecule has 1 saturated carbocycles. The predicted molar refractivity (Wildman–Crippen MR) is 78.3 cm³/mol. The number of pyridine rings is 1. The van der Waals surface area contributed by atoms with Crippen LogP contribution in [0.3, 0.4) is 0 Å². The van der Waals surface area contributed by atoms with Crippen LogP contribution in [0.15, 0.2) is 41.0 Å². The number of hydrogen-bond donors (Lipinski definition) is 1. The van der Waals surface area contributed by atoms with Gasteiger partial charge < -0.3 is 10.1 Å². The van der Waals surface area contributed by atoms with Gasteiger partial charge in [-0.3, -0.25) is 0 Å². The molecule has 0 amide bonds. The Kier molecular flexibility index (Phi) is 3.98. The van der Waals surface area contributed by atoms with E-state index in [9.17, 15) is 4.39 Å². The van der Waals surface area contributed by atoms with Gasteiger partial charge in [0.05, 0.1) is 0 Å². The molecule has 1 aromatic carbocycles. The Morgan fingerprint density at radius 1 is 1.30 bits per heavy atom. The van der Waals surface area contributed by atoms with Gasteiger partial charge in [-0.05, 0) is 36.6 Å². The van der Waals surface area contributed by atoms with Crippen LogP contribution in [0.25, 0.3) is 0 Å². The van der Waals surface area contributed by atoms with Gasteiger partial charge >= 0.3 is 0 Å². The Labute approximate surface area is 125 Å². The highest BCUT2D eigenvalue weighted by molar-refractivity contribution is 9.10. The van der Waals surface area contributed by atoms with Crippen molar-refractivity contribution in [1.29, 1.82) is 0 Å². The zero-order chi connectivity index (χ0) is 13.9. The third-order valence-electron chi connectivity index (χ3n) is 3.08. The van der Waals surface area contributed by atoms with Gasteiger partial charge in [0.15, 0.2) is 11.6 Å². The molecule has 20 heavy (non-hydrogen) atoms. The van der Waals surface area contributed by atoms with E-state index in [1.807, 2.05) is 6.07 Å². The summed E-state index contributed by atoms with van der Waals surface area (Å²) in [7, 11) is 0. The number of halogens is 2. The number of ether oxygens (including phenoxy) is 1. The van der Waals surface area contributed by atoms with Gasteiger partial charge in [-0.1, -0.05) is 22.0 Å². The largest absolute Gasteiger partial charge is 0.436 e. The summed E-state index contributed by atoms with van der Waals surface area (Å²) in [6.07, 6.45) is 4.27. The number of nitrogens with zero attached hydrogens (tertiary/aromatic N) is 1. The molecule has 0 aliphatic heterocycles. The lowest BCUT2D eigenvalue weighted by atomic mass is 10.3. The van der Waals surface area contributed by atoms with Crippen molar-refractivity contribution in [2.24, 2.45) is 0 Å². The molecule has 1 aliphatic carbocycles.